The molecule has 0 aromatic rings. The van der Waals surface area contributed by atoms with Crippen molar-refractivity contribution < 1.29 is 14.7 Å². The Kier molecular flexibility index (Phi) is 7.89. The van der Waals surface area contributed by atoms with E-state index in [1.807, 2.05) is 0 Å². The van der Waals surface area contributed by atoms with Crippen LogP contribution in [0.25, 0.3) is 0 Å². The molecule has 4 heteroatoms. The highest BCUT2D eigenvalue weighted by Gasteiger charge is 2.03. The predicted molar refractivity (Wildman–Crippen MR) is 54.0 cm³/mol. The Bertz CT molecular complexity index is 180. The summed E-state index contributed by atoms with van der Waals surface area (Å²) in [4.78, 5) is 21.1. The zero-order valence-corrected chi connectivity index (χ0v) is 8.71. The van der Waals surface area contributed by atoms with Crippen molar-refractivity contribution >= 4 is 11.9 Å². The molecular formula is C10H19NO3. The van der Waals surface area contributed by atoms with Crippen molar-refractivity contribution in [3.8, 4) is 0 Å². The lowest BCUT2D eigenvalue weighted by Gasteiger charge is -2.03. The Morgan fingerprint density at radius 1 is 1.14 bits per heavy atom. The summed E-state index contributed by atoms with van der Waals surface area (Å²) in [7, 11) is 0. The smallest absolute Gasteiger partial charge is 0.303 e. The van der Waals surface area contributed by atoms with E-state index in [1.54, 1.807) is 0 Å². The second-order valence-corrected chi connectivity index (χ2v) is 3.30. The monoisotopic (exact) mass is 201 g/mol. The molecule has 0 bridgehead atoms. The highest BCUT2D eigenvalue weighted by Crippen LogP contribution is 1.97. The second-order valence-electron chi connectivity index (χ2n) is 3.30. The number of carbonyl (C=O) groups is 2. The molecule has 0 aromatic carbocycles. The van der Waals surface area contributed by atoms with E-state index in [-0.39, 0.29) is 18.7 Å². The number of amides is 1. The summed E-state index contributed by atoms with van der Waals surface area (Å²) in [6, 6.07) is 0. The molecule has 0 atom stereocenters. The molecule has 4 nitrogen and oxygen atoms in total. The molecule has 0 aliphatic carbocycles. The predicted octanol–water partition coefficient (Wildman–Crippen LogP) is 1.55. The minimum absolute atomic E-state index is 0.0825. The van der Waals surface area contributed by atoms with Crippen molar-refractivity contribution in [3.05, 3.63) is 0 Å². The lowest BCUT2D eigenvalue weighted by molar-refractivity contribution is -0.138. The summed E-state index contributed by atoms with van der Waals surface area (Å²) < 4.78 is 0. The molecule has 2 N–H and O–H groups in total. The molecule has 0 saturated heterocycles. The Labute approximate surface area is 84.7 Å². The van der Waals surface area contributed by atoms with Gasteiger partial charge in [0.25, 0.3) is 0 Å². The highest BCUT2D eigenvalue weighted by atomic mass is 16.4. The van der Waals surface area contributed by atoms with E-state index in [4.69, 9.17) is 5.11 Å². The van der Waals surface area contributed by atoms with Crippen LogP contribution in [0.5, 0.6) is 0 Å². The second kappa shape index (κ2) is 8.53. The summed E-state index contributed by atoms with van der Waals surface area (Å²) in [6.07, 6.45) is 4.46. The zero-order chi connectivity index (χ0) is 10.8. The van der Waals surface area contributed by atoms with Gasteiger partial charge in [-0.1, -0.05) is 26.2 Å². The minimum atomic E-state index is -0.925. The third kappa shape index (κ3) is 9.03. The number of unbranched alkanes of at least 4 members (excludes halogenated alkanes) is 3. The molecule has 82 valence electrons. The Hall–Kier alpha value is -1.06. The van der Waals surface area contributed by atoms with Gasteiger partial charge in [0.1, 0.15) is 0 Å². The number of hydrogen-bond acceptors (Lipinski definition) is 2. The van der Waals surface area contributed by atoms with Crippen LogP contribution in [0.15, 0.2) is 0 Å². The van der Waals surface area contributed by atoms with E-state index in [1.165, 1.54) is 12.8 Å². The summed E-state index contributed by atoms with van der Waals surface area (Å²) in [5.41, 5.74) is 0. The van der Waals surface area contributed by atoms with Gasteiger partial charge in [-0.3, -0.25) is 9.59 Å². The first-order valence-electron chi connectivity index (χ1n) is 5.15. The number of carboxylic acids is 1. The van der Waals surface area contributed by atoms with Gasteiger partial charge in [0.05, 0.1) is 6.42 Å². The third-order valence-corrected chi connectivity index (χ3v) is 1.92. The zero-order valence-electron chi connectivity index (χ0n) is 8.71. The average molecular weight is 201 g/mol. The molecule has 0 rings (SSSR count). The van der Waals surface area contributed by atoms with Crippen LogP contribution in [0.4, 0.5) is 0 Å². The van der Waals surface area contributed by atoms with Crippen LogP contribution < -0.4 is 5.32 Å². The lowest BCUT2D eigenvalue weighted by Crippen LogP contribution is -2.24. The van der Waals surface area contributed by atoms with Crippen LogP contribution in [0, 0.1) is 0 Å². The molecule has 0 heterocycles. The maximum Gasteiger partial charge on any atom is 0.303 e. The number of carboxylic acid groups (broad SMARTS) is 1. The van der Waals surface area contributed by atoms with E-state index in [0.717, 1.165) is 12.8 Å². The fraction of sp³-hybridized carbons (Fsp3) is 0.800. The van der Waals surface area contributed by atoms with Gasteiger partial charge in [0.2, 0.25) is 5.91 Å². The minimum Gasteiger partial charge on any atom is -0.481 e. The number of nitrogens with one attached hydrogen (secondary N) is 1. The van der Waals surface area contributed by atoms with Crippen molar-refractivity contribution in [1.29, 1.82) is 0 Å². The molecule has 0 unspecified atom stereocenters. The van der Waals surface area contributed by atoms with Gasteiger partial charge in [0, 0.05) is 13.0 Å². The van der Waals surface area contributed by atoms with Crippen molar-refractivity contribution in [1.82, 2.24) is 5.32 Å². The number of aliphatic carboxylic acids is 1. The van der Waals surface area contributed by atoms with Gasteiger partial charge in [-0.05, 0) is 6.42 Å². The highest BCUT2D eigenvalue weighted by molar-refractivity contribution is 5.80. The van der Waals surface area contributed by atoms with E-state index < -0.39 is 5.97 Å². The molecule has 1 amide bonds. The van der Waals surface area contributed by atoms with E-state index >= 15 is 0 Å². The molecule has 0 spiro atoms. The van der Waals surface area contributed by atoms with Gasteiger partial charge in [-0.2, -0.15) is 0 Å². The van der Waals surface area contributed by atoms with Crippen LogP contribution >= 0.6 is 0 Å². The van der Waals surface area contributed by atoms with Crippen molar-refractivity contribution in [3.63, 3.8) is 0 Å². The molecule has 0 aliphatic rings. The topological polar surface area (TPSA) is 66.4 Å². The Balaban J connectivity index is 3.22. The van der Waals surface area contributed by atoms with Gasteiger partial charge in [-0.25, -0.2) is 0 Å². The molecule has 0 radical (unpaired) electrons. The molecule has 14 heavy (non-hydrogen) atoms. The maximum atomic E-state index is 11.0. The molecule has 0 fully saturated rings. The summed E-state index contributed by atoms with van der Waals surface area (Å²) in [5, 5.41) is 11.0. The number of carbonyl (C=O) groups excluding carboxylic acids is 1. The third-order valence-electron chi connectivity index (χ3n) is 1.92. The van der Waals surface area contributed by atoms with Crippen LogP contribution in [0.1, 0.15) is 45.4 Å². The van der Waals surface area contributed by atoms with Crippen molar-refractivity contribution in [2.75, 3.05) is 6.54 Å². The van der Waals surface area contributed by atoms with E-state index in [9.17, 15) is 9.59 Å². The SMILES string of the molecule is CCCCCCNC(=O)CCC(=O)O. The molecule has 0 aromatic heterocycles. The van der Waals surface area contributed by atoms with Crippen molar-refractivity contribution in [2.24, 2.45) is 0 Å². The first kappa shape index (κ1) is 12.9. The first-order valence-corrected chi connectivity index (χ1v) is 5.15. The largest absolute Gasteiger partial charge is 0.481 e. The van der Waals surface area contributed by atoms with E-state index in [2.05, 4.69) is 12.2 Å². The fourth-order valence-electron chi connectivity index (χ4n) is 1.09. The van der Waals surface area contributed by atoms with Gasteiger partial charge >= 0.3 is 5.97 Å². The molecule has 0 aliphatic heterocycles. The fourth-order valence-corrected chi connectivity index (χ4v) is 1.09. The Morgan fingerprint density at radius 3 is 2.43 bits per heavy atom. The standard InChI is InChI=1S/C10H19NO3/c1-2-3-4-5-8-11-9(12)6-7-10(13)14/h2-8H2,1H3,(H,11,12)(H,13,14). The van der Waals surface area contributed by atoms with Crippen LogP contribution in [-0.4, -0.2) is 23.5 Å². The average Bonchev–Trinajstić information content (AvgIpc) is 2.14. The van der Waals surface area contributed by atoms with Gasteiger partial charge in [-0.15, -0.1) is 0 Å². The number of hydrogen-bond donors (Lipinski definition) is 2. The summed E-state index contributed by atoms with van der Waals surface area (Å²) in [6.45, 7) is 2.80. The van der Waals surface area contributed by atoms with Crippen LogP contribution in [0.2, 0.25) is 0 Å². The van der Waals surface area contributed by atoms with Gasteiger partial charge in [0.15, 0.2) is 0 Å². The van der Waals surface area contributed by atoms with Crippen LogP contribution in [0.3, 0.4) is 0 Å². The number of rotatable bonds is 8. The molecular weight excluding hydrogens is 182 g/mol. The quantitative estimate of drug-likeness (QED) is 0.585. The normalized spacial score (nSPS) is 9.79. The maximum absolute atomic E-state index is 11.0. The van der Waals surface area contributed by atoms with E-state index in [0.29, 0.717) is 6.54 Å². The summed E-state index contributed by atoms with van der Waals surface area (Å²) >= 11 is 0. The van der Waals surface area contributed by atoms with Crippen LogP contribution in [-0.2, 0) is 9.59 Å². The Morgan fingerprint density at radius 2 is 1.86 bits per heavy atom. The lowest BCUT2D eigenvalue weighted by atomic mass is 10.2. The first-order chi connectivity index (χ1) is 6.66. The van der Waals surface area contributed by atoms with Gasteiger partial charge < -0.3 is 10.4 Å². The van der Waals surface area contributed by atoms with Crippen molar-refractivity contribution in [2.45, 2.75) is 45.4 Å². The summed E-state index contributed by atoms with van der Waals surface area (Å²) in [5.74, 6) is -1.09. The molecule has 0 saturated carbocycles.